The van der Waals surface area contributed by atoms with Gasteiger partial charge in [0.15, 0.2) is 0 Å². The molecule has 1 aliphatic rings. The Kier molecular flexibility index (Phi) is 6.56. The third-order valence-corrected chi connectivity index (χ3v) is 4.52. The van der Waals surface area contributed by atoms with E-state index in [1.807, 2.05) is 36.9 Å². The molecule has 0 atom stereocenters. The van der Waals surface area contributed by atoms with E-state index in [9.17, 15) is 14.4 Å². The number of ether oxygens (including phenoxy) is 1. The lowest BCUT2D eigenvalue weighted by Gasteiger charge is -2.23. The summed E-state index contributed by atoms with van der Waals surface area (Å²) in [6.07, 6.45) is 0.981. The van der Waals surface area contributed by atoms with Crippen molar-refractivity contribution >= 4 is 17.8 Å². The van der Waals surface area contributed by atoms with Crippen molar-refractivity contribution in [2.24, 2.45) is 0 Å². The van der Waals surface area contributed by atoms with E-state index in [-0.39, 0.29) is 30.6 Å². The molecule has 0 aliphatic carbocycles. The number of nitrogens with zero attached hydrogens (tertiary/aromatic N) is 2. The number of carbonyl (C=O) groups excluding carboxylic acids is 3. The molecule has 0 spiro atoms. The van der Waals surface area contributed by atoms with Crippen molar-refractivity contribution in [1.82, 2.24) is 9.80 Å². The van der Waals surface area contributed by atoms with Gasteiger partial charge in [0, 0.05) is 38.2 Å². The number of esters is 1. The smallest absolute Gasteiger partial charge is 0.306 e. The second kappa shape index (κ2) is 8.65. The molecular formula is C19H26N2O4. The molecule has 0 aromatic heterocycles. The minimum absolute atomic E-state index is 0.0151. The number of amides is 2. The number of rotatable bonds is 4. The molecular weight excluding hydrogens is 320 g/mol. The van der Waals surface area contributed by atoms with Crippen molar-refractivity contribution in [2.75, 3.05) is 33.3 Å². The lowest BCUT2D eigenvalue weighted by Crippen LogP contribution is -2.37. The minimum Gasteiger partial charge on any atom is -0.469 e. The van der Waals surface area contributed by atoms with Gasteiger partial charge in [-0.25, -0.2) is 0 Å². The second-order valence-electron chi connectivity index (χ2n) is 6.42. The number of aryl methyl sites for hydroxylation is 2. The molecule has 2 amide bonds. The predicted octanol–water partition coefficient (Wildman–Crippen LogP) is 1.93. The van der Waals surface area contributed by atoms with Gasteiger partial charge >= 0.3 is 5.97 Å². The van der Waals surface area contributed by atoms with Gasteiger partial charge in [-0.2, -0.15) is 0 Å². The number of hydrogen-bond acceptors (Lipinski definition) is 4. The fourth-order valence-corrected chi connectivity index (χ4v) is 3.06. The van der Waals surface area contributed by atoms with Gasteiger partial charge in [0.1, 0.15) is 0 Å². The molecule has 1 aromatic carbocycles. The summed E-state index contributed by atoms with van der Waals surface area (Å²) in [5.41, 5.74) is 2.82. The fourth-order valence-electron chi connectivity index (χ4n) is 3.06. The van der Waals surface area contributed by atoms with Gasteiger partial charge in [0.05, 0.1) is 13.5 Å². The van der Waals surface area contributed by atoms with Gasteiger partial charge in [-0.1, -0.05) is 17.7 Å². The average molecular weight is 346 g/mol. The Morgan fingerprint density at radius 2 is 1.68 bits per heavy atom. The van der Waals surface area contributed by atoms with E-state index in [4.69, 9.17) is 0 Å². The highest BCUT2D eigenvalue weighted by molar-refractivity contribution is 5.95. The van der Waals surface area contributed by atoms with Gasteiger partial charge < -0.3 is 14.5 Å². The van der Waals surface area contributed by atoms with E-state index in [0.717, 1.165) is 23.1 Å². The molecule has 0 unspecified atom stereocenters. The summed E-state index contributed by atoms with van der Waals surface area (Å²) in [5.74, 6) is -0.428. The summed E-state index contributed by atoms with van der Waals surface area (Å²) in [6, 6.07) is 5.82. The van der Waals surface area contributed by atoms with Crippen molar-refractivity contribution < 1.29 is 19.1 Å². The maximum Gasteiger partial charge on any atom is 0.306 e. The van der Waals surface area contributed by atoms with Crippen molar-refractivity contribution in [2.45, 2.75) is 33.1 Å². The highest BCUT2D eigenvalue weighted by Crippen LogP contribution is 2.15. The normalized spacial score (nSPS) is 14.8. The Morgan fingerprint density at radius 3 is 2.36 bits per heavy atom. The molecule has 25 heavy (non-hydrogen) atoms. The van der Waals surface area contributed by atoms with Crippen LogP contribution in [-0.4, -0.2) is 60.9 Å². The van der Waals surface area contributed by atoms with Gasteiger partial charge in [0.2, 0.25) is 5.91 Å². The standard InChI is InChI=1S/C19H26N2O4/c1-14-5-6-16(15(2)13-14)19(24)21-10-4-9-20(11-12-21)17(22)7-8-18(23)25-3/h5-6,13H,4,7-12H2,1-3H3. The molecule has 1 aliphatic heterocycles. The summed E-state index contributed by atoms with van der Waals surface area (Å²) in [6.45, 7) is 6.20. The molecule has 0 bridgehead atoms. The van der Waals surface area contributed by atoms with Crippen LogP contribution in [0, 0.1) is 13.8 Å². The van der Waals surface area contributed by atoms with Gasteiger partial charge in [-0.05, 0) is 31.9 Å². The molecule has 0 radical (unpaired) electrons. The first kappa shape index (κ1) is 19.0. The summed E-state index contributed by atoms with van der Waals surface area (Å²) >= 11 is 0. The van der Waals surface area contributed by atoms with Crippen LogP contribution in [0.15, 0.2) is 18.2 Å². The predicted molar refractivity (Wildman–Crippen MR) is 94.3 cm³/mol. The topological polar surface area (TPSA) is 66.9 Å². The monoisotopic (exact) mass is 346 g/mol. The minimum atomic E-state index is -0.380. The maximum absolute atomic E-state index is 12.8. The first-order valence-corrected chi connectivity index (χ1v) is 8.63. The third kappa shape index (κ3) is 5.05. The second-order valence-corrected chi connectivity index (χ2v) is 6.42. The largest absolute Gasteiger partial charge is 0.469 e. The summed E-state index contributed by atoms with van der Waals surface area (Å²) in [7, 11) is 1.31. The Balaban J connectivity index is 1.95. The molecule has 0 N–H and O–H groups in total. The van der Waals surface area contributed by atoms with Crippen molar-refractivity contribution in [3.63, 3.8) is 0 Å². The first-order chi connectivity index (χ1) is 11.9. The van der Waals surface area contributed by atoms with E-state index < -0.39 is 0 Å². The van der Waals surface area contributed by atoms with E-state index in [2.05, 4.69) is 4.74 Å². The van der Waals surface area contributed by atoms with E-state index in [1.54, 1.807) is 4.90 Å². The molecule has 1 heterocycles. The Bertz CT molecular complexity index is 657. The zero-order chi connectivity index (χ0) is 18.4. The Labute approximate surface area is 148 Å². The summed E-state index contributed by atoms with van der Waals surface area (Å²) < 4.78 is 4.57. The number of methoxy groups -OCH3 is 1. The van der Waals surface area contributed by atoms with Crippen LogP contribution < -0.4 is 0 Å². The van der Waals surface area contributed by atoms with Crippen LogP contribution in [-0.2, 0) is 14.3 Å². The van der Waals surface area contributed by atoms with Crippen molar-refractivity contribution in [3.05, 3.63) is 34.9 Å². The first-order valence-electron chi connectivity index (χ1n) is 8.63. The zero-order valence-electron chi connectivity index (χ0n) is 15.2. The van der Waals surface area contributed by atoms with Gasteiger partial charge in [-0.3, -0.25) is 14.4 Å². The van der Waals surface area contributed by atoms with Crippen LogP contribution >= 0.6 is 0 Å². The molecule has 1 fully saturated rings. The highest BCUT2D eigenvalue weighted by atomic mass is 16.5. The molecule has 2 rings (SSSR count). The average Bonchev–Trinajstić information content (AvgIpc) is 2.85. The van der Waals surface area contributed by atoms with Crippen molar-refractivity contribution in [1.29, 1.82) is 0 Å². The lowest BCUT2D eigenvalue weighted by atomic mass is 10.0. The zero-order valence-corrected chi connectivity index (χ0v) is 15.2. The SMILES string of the molecule is COC(=O)CCC(=O)N1CCCN(C(=O)c2ccc(C)cc2C)CC1. The van der Waals surface area contributed by atoms with E-state index >= 15 is 0 Å². The summed E-state index contributed by atoms with van der Waals surface area (Å²) in [4.78, 5) is 39.7. The summed E-state index contributed by atoms with van der Waals surface area (Å²) in [5, 5.41) is 0. The fraction of sp³-hybridized carbons (Fsp3) is 0.526. The van der Waals surface area contributed by atoms with Crippen LogP contribution in [0.2, 0.25) is 0 Å². The molecule has 1 saturated heterocycles. The Morgan fingerprint density at radius 1 is 1.00 bits per heavy atom. The number of carbonyl (C=O) groups is 3. The third-order valence-electron chi connectivity index (χ3n) is 4.52. The van der Waals surface area contributed by atoms with Crippen LogP contribution in [0.3, 0.4) is 0 Å². The highest BCUT2D eigenvalue weighted by Gasteiger charge is 2.23. The van der Waals surface area contributed by atoms with Crippen LogP contribution in [0.4, 0.5) is 0 Å². The van der Waals surface area contributed by atoms with Gasteiger partial charge in [0.25, 0.3) is 5.91 Å². The molecule has 6 heteroatoms. The molecule has 1 aromatic rings. The van der Waals surface area contributed by atoms with E-state index in [0.29, 0.717) is 26.2 Å². The number of hydrogen-bond donors (Lipinski definition) is 0. The van der Waals surface area contributed by atoms with Crippen LogP contribution in [0.25, 0.3) is 0 Å². The molecule has 6 nitrogen and oxygen atoms in total. The molecule has 136 valence electrons. The van der Waals surface area contributed by atoms with Crippen LogP contribution in [0.5, 0.6) is 0 Å². The van der Waals surface area contributed by atoms with Gasteiger partial charge in [-0.15, -0.1) is 0 Å². The van der Waals surface area contributed by atoms with Crippen molar-refractivity contribution in [3.8, 4) is 0 Å². The number of benzene rings is 1. The quantitative estimate of drug-likeness (QED) is 0.782. The maximum atomic E-state index is 12.8. The van der Waals surface area contributed by atoms with Crippen LogP contribution in [0.1, 0.15) is 40.7 Å². The lowest BCUT2D eigenvalue weighted by molar-refractivity contribution is -0.143. The Hall–Kier alpha value is -2.37. The van der Waals surface area contributed by atoms with E-state index in [1.165, 1.54) is 7.11 Å². The molecule has 0 saturated carbocycles.